The van der Waals surface area contributed by atoms with Crippen LogP contribution in [-0.4, -0.2) is 23.0 Å². The Morgan fingerprint density at radius 2 is 2.37 bits per heavy atom. The van der Waals surface area contributed by atoms with Crippen molar-refractivity contribution in [2.45, 2.75) is 12.8 Å². The number of carbonyl (C=O) groups is 1. The Balaban J connectivity index is 1.95. The first-order chi connectivity index (χ1) is 9.17. The van der Waals surface area contributed by atoms with Crippen LogP contribution in [0.4, 0.5) is 10.8 Å². The van der Waals surface area contributed by atoms with Gasteiger partial charge in [0.25, 0.3) is 0 Å². The molecule has 2 aromatic heterocycles. The topological polar surface area (TPSA) is 64.1 Å². The number of thiazole rings is 1. The Kier molecular flexibility index (Phi) is 4.86. The predicted molar refractivity (Wildman–Crippen MR) is 77.7 cm³/mol. The summed E-state index contributed by atoms with van der Waals surface area (Å²) in [5, 5.41) is 5.87. The van der Waals surface area contributed by atoms with Gasteiger partial charge in [-0.05, 0) is 22.0 Å². The van der Waals surface area contributed by atoms with Gasteiger partial charge in [0.1, 0.15) is 0 Å². The van der Waals surface area contributed by atoms with Gasteiger partial charge in [-0.25, -0.2) is 4.98 Å². The van der Waals surface area contributed by atoms with E-state index in [1.54, 1.807) is 12.4 Å². The molecule has 7 heteroatoms. The van der Waals surface area contributed by atoms with Crippen LogP contribution in [0, 0.1) is 0 Å². The van der Waals surface area contributed by atoms with Crippen LogP contribution >= 0.6 is 27.3 Å². The second-order valence-corrected chi connectivity index (χ2v) is 5.51. The average molecular weight is 342 g/mol. The molecule has 0 saturated heterocycles. The van der Waals surface area contributed by atoms with Gasteiger partial charge in [0.2, 0.25) is 0 Å². The highest BCUT2D eigenvalue weighted by Gasteiger charge is 2.06. The molecule has 2 aromatic rings. The van der Waals surface area contributed by atoms with Gasteiger partial charge in [-0.2, -0.15) is 0 Å². The number of aromatic nitrogens is 2. The molecule has 0 saturated carbocycles. The molecular weight excluding hydrogens is 330 g/mol. The molecule has 0 unspecified atom stereocenters. The Hall–Kier alpha value is -1.47. The van der Waals surface area contributed by atoms with E-state index in [0.717, 1.165) is 21.0 Å². The molecule has 2 rings (SSSR count). The lowest BCUT2D eigenvalue weighted by Crippen LogP contribution is -2.02. The third kappa shape index (κ3) is 4.29. The summed E-state index contributed by atoms with van der Waals surface area (Å²) in [4.78, 5) is 19.5. The van der Waals surface area contributed by atoms with Crippen LogP contribution in [0.25, 0.3) is 0 Å². The summed E-state index contributed by atoms with van der Waals surface area (Å²) in [7, 11) is 1.39. The molecule has 2 heterocycles. The van der Waals surface area contributed by atoms with E-state index in [0.29, 0.717) is 12.8 Å². The summed E-state index contributed by atoms with van der Waals surface area (Å²) < 4.78 is 5.50. The van der Waals surface area contributed by atoms with Crippen LogP contribution in [0.5, 0.6) is 0 Å². The van der Waals surface area contributed by atoms with E-state index in [1.165, 1.54) is 18.4 Å². The standard InChI is InChI=1S/C12H12BrN3O2S/c1-18-11(17)3-2-9-7-19-12(15-9)16-10-4-8(13)5-14-6-10/h4-7H,2-3H2,1H3,(H,15,16). The summed E-state index contributed by atoms with van der Waals surface area (Å²) >= 11 is 4.85. The number of methoxy groups -OCH3 is 1. The molecule has 0 aliphatic carbocycles. The normalized spacial score (nSPS) is 10.2. The van der Waals surface area contributed by atoms with Crippen molar-refractivity contribution >= 4 is 44.1 Å². The highest BCUT2D eigenvalue weighted by molar-refractivity contribution is 9.10. The number of nitrogens with one attached hydrogen (secondary N) is 1. The van der Waals surface area contributed by atoms with Gasteiger partial charge >= 0.3 is 5.97 Å². The predicted octanol–water partition coefficient (Wildman–Crippen LogP) is 3.15. The van der Waals surface area contributed by atoms with E-state index >= 15 is 0 Å². The van der Waals surface area contributed by atoms with E-state index in [-0.39, 0.29) is 5.97 Å². The minimum atomic E-state index is -0.223. The molecule has 0 atom stereocenters. The number of carbonyl (C=O) groups excluding carboxylic acids is 1. The molecule has 0 spiro atoms. The van der Waals surface area contributed by atoms with E-state index in [2.05, 4.69) is 36.0 Å². The minimum absolute atomic E-state index is 0.223. The first-order valence-corrected chi connectivity index (χ1v) is 7.23. The molecule has 0 bridgehead atoms. The molecular formula is C12H12BrN3O2S. The Morgan fingerprint density at radius 3 is 3.11 bits per heavy atom. The van der Waals surface area contributed by atoms with Crippen LogP contribution < -0.4 is 5.32 Å². The van der Waals surface area contributed by atoms with Crippen molar-refractivity contribution in [2.75, 3.05) is 12.4 Å². The maximum absolute atomic E-state index is 11.0. The zero-order valence-electron chi connectivity index (χ0n) is 10.2. The van der Waals surface area contributed by atoms with E-state index < -0.39 is 0 Å². The Bertz CT molecular complexity index is 574. The summed E-state index contributed by atoms with van der Waals surface area (Å²) in [6.45, 7) is 0. The molecule has 0 radical (unpaired) electrons. The smallest absolute Gasteiger partial charge is 0.305 e. The number of ether oxygens (including phenoxy) is 1. The molecule has 1 N–H and O–H groups in total. The van der Waals surface area contributed by atoms with Crippen LogP contribution in [0.1, 0.15) is 12.1 Å². The second-order valence-electron chi connectivity index (χ2n) is 3.74. The van der Waals surface area contributed by atoms with Crippen LogP contribution in [0.2, 0.25) is 0 Å². The van der Waals surface area contributed by atoms with Crippen molar-refractivity contribution in [2.24, 2.45) is 0 Å². The third-order valence-electron chi connectivity index (χ3n) is 2.32. The number of esters is 1. The van der Waals surface area contributed by atoms with Crippen LogP contribution in [0.15, 0.2) is 28.3 Å². The summed E-state index contributed by atoms with van der Waals surface area (Å²) in [6.07, 6.45) is 4.37. The zero-order valence-corrected chi connectivity index (χ0v) is 12.6. The van der Waals surface area contributed by atoms with Gasteiger partial charge in [0.05, 0.1) is 31.1 Å². The van der Waals surface area contributed by atoms with Gasteiger partial charge in [-0.1, -0.05) is 0 Å². The number of nitrogens with zero attached hydrogens (tertiary/aromatic N) is 2. The molecule has 0 fully saturated rings. The largest absolute Gasteiger partial charge is 0.469 e. The number of pyridine rings is 1. The monoisotopic (exact) mass is 341 g/mol. The highest BCUT2D eigenvalue weighted by atomic mass is 79.9. The van der Waals surface area contributed by atoms with Crippen molar-refractivity contribution in [3.05, 3.63) is 34.0 Å². The van der Waals surface area contributed by atoms with Gasteiger partial charge < -0.3 is 10.1 Å². The first kappa shape index (κ1) is 14.0. The van der Waals surface area contributed by atoms with Gasteiger partial charge in [0.15, 0.2) is 5.13 Å². The lowest BCUT2D eigenvalue weighted by atomic mass is 10.2. The molecule has 5 nitrogen and oxygen atoms in total. The minimum Gasteiger partial charge on any atom is -0.469 e. The molecule has 19 heavy (non-hydrogen) atoms. The summed E-state index contributed by atoms with van der Waals surface area (Å²) in [5.41, 5.74) is 1.74. The number of anilines is 2. The van der Waals surface area contributed by atoms with E-state index in [1.807, 2.05) is 11.4 Å². The number of halogens is 1. The van der Waals surface area contributed by atoms with Crippen molar-refractivity contribution in [1.29, 1.82) is 0 Å². The molecule has 0 aliphatic rings. The average Bonchev–Trinajstić information content (AvgIpc) is 2.83. The van der Waals surface area contributed by atoms with Crippen LogP contribution in [0.3, 0.4) is 0 Å². The van der Waals surface area contributed by atoms with Gasteiger partial charge in [0, 0.05) is 22.5 Å². The fourth-order valence-corrected chi connectivity index (χ4v) is 2.54. The third-order valence-corrected chi connectivity index (χ3v) is 3.56. The first-order valence-electron chi connectivity index (χ1n) is 5.56. The van der Waals surface area contributed by atoms with Crippen molar-refractivity contribution in [3.63, 3.8) is 0 Å². The van der Waals surface area contributed by atoms with Crippen molar-refractivity contribution in [3.8, 4) is 0 Å². The lowest BCUT2D eigenvalue weighted by molar-refractivity contribution is -0.140. The second kappa shape index (κ2) is 6.63. The lowest BCUT2D eigenvalue weighted by Gasteiger charge is -2.01. The van der Waals surface area contributed by atoms with Crippen molar-refractivity contribution in [1.82, 2.24) is 9.97 Å². The van der Waals surface area contributed by atoms with Gasteiger partial charge in [-0.3, -0.25) is 9.78 Å². The zero-order chi connectivity index (χ0) is 13.7. The fraction of sp³-hybridized carbons (Fsp3) is 0.250. The van der Waals surface area contributed by atoms with Gasteiger partial charge in [-0.15, -0.1) is 11.3 Å². The van der Waals surface area contributed by atoms with E-state index in [9.17, 15) is 4.79 Å². The summed E-state index contributed by atoms with van der Waals surface area (Å²) in [5.74, 6) is -0.223. The number of hydrogen-bond donors (Lipinski definition) is 1. The van der Waals surface area contributed by atoms with Crippen molar-refractivity contribution < 1.29 is 9.53 Å². The van der Waals surface area contributed by atoms with Crippen LogP contribution in [-0.2, 0) is 16.0 Å². The molecule has 0 aromatic carbocycles. The molecule has 0 amide bonds. The number of hydrogen-bond acceptors (Lipinski definition) is 6. The number of aryl methyl sites for hydroxylation is 1. The quantitative estimate of drug-likeness (QED) is 0.846. The maximum atomic E-state index is 11.0. The maximum Gasteiger partial charge on any atom is 0.305 e. The SMILES string of the molecule is COC(=O)CCc1csc(Nc2cncc(Br)c2)n1. The fourth-order valence-electron chi connectivity index (χ4n) is 1.42. The highest BCUT2D eigenvalue weighted by Crippen LogP contribution is 2.22. The molecule has 100 valence electrons. The Morgan fingerprint density at radius 1 is 1.53 bits per heavy atom. The van der Waals surface area contributed by atoms with E-state index in [4.69, 9.17) is 0 Å². The Labute approximate surface area is 123 Å². The summed E-state index contributed by atoms with van der Waals surface area (Å²) in [6, 6.07) is 1.92. The number of rotatable bonds is 5. The molecule has 0 aliphatic heterocycles.